The second-order valence-electron chi connectivity index (χ2n) is 2.71. The van der Waals surface area contributed by atoms with Crippen molar-refractivity contribution >= 4 is 11.3 Å². The maximum atomic E-state index is 4.94. The number of nitrogens with zero attached hydrogens (tertiary/aromatic N) is 1. The van der Waals surface area contributed by atoms with Gasteiger partial charge in [-0.25, -0.2) is 0 Å². The zero-order valence-corrected chi connectivity index (χ0v) is 7.88. The topological polar surface area (TPSA) is 38.1 Å². The van der Waals surface area contributed by atoms with Gasteiger partial charge in [-0.3, -0.25) is 0 Å². The van der Waals surface area contributed by atoms with Crippen LogP contribution in [-0.4, -0.2) is 5.16 Å². The summed E-state index contributed by atoms with van der Waals surface area (Å²) in [5.74, 6) is 0.871. The molecule has 2 heterocycles. The Balaban J connectivity index is 1.76. The summed E-state index contributed by atoms with van der Waals surface area (Å²) in [4.78, 5) is 0. The molecule has 0 fully saturated rings. The summed E-state index contributed by atoms with van der Waals surface area (Å²) in [7, 11) is 0. The molecule has 0 radical (unpaired) electrons. The molecule has 2 aromatic rings. The lowest BCUT2D eigenvalue weighted by atomic mass is 10.3. The van der Waals surface area contributed by atoms with E-state index in [9.17, 15) is 0 Å². The maximum Gasteiger partial charge on any atom is 0.150 e. The van der Waals surface area contributed by atoms with Crippen LogP contribution in [0, 0.1) is 0 Å². The summed E-state index contributed by atoms with van der Waals surface area (Å²) in [6.45, 7) is 1.61. The molecule has 0 bridgehead atoms. The average Bonchev–Trinajstić information content (AvgIpc) is 2.75. The second kappa shape index (κ2) is 4.20. The van der Waals surface area contributed by atoms with Crippen molar-refractivity contribution in [2.75, 3.05) is 0 Å². The minimum Gasteiger partial charge on any atom is -0.360 e. The summed E-state index contributed by atoms with van der Waals surface area (Å²) >= 11 is 1.71. The van der Waals surface area contributed by atoms with Gasteiger partial charge in [-0.2, -0.15) is 11.3 Å². The SMILES string of the molecule is c1cc(CNCc2ccsc2)on1. The standard InChI is InChI=1S/C9H10N2OS/c1-3-11-12-9(1)6-10-5-8-2-4-13-7-8/h1-4,7,10H,5-6H2. The number of nitrogens with one attached hydrogen (secondary N) is 1. The number of hydrogen-bond donors (Lipinski definition) is 1. The van der Waals surface area contributed by atoms with E-state index in [2.05, 4.69) is 27.3 Å². The van der Waals surface area contributed by atoms with Gasteiger partial charge in [0.1, 0.15) is 5.76 Å². The van der Waals surface area contributed by atoms with Crippen LogP contribution < -0.4 is 5.32 Å². The minimum absolute atomic E-state index is 0.732. The van der Waals surface area contributed by atoms with Crippen LogP contribution >= 0.6 is 11.3 Å². The van der Waals surface area contributed by atoms with Crippen molar-refractivity contribution in [3.63, 3.8) is 0 Å². The monoisotopic (exact) mass is 194 g/mol. The highest BCUT2D eigenvalue weighted by molar-refractivity contribution is 7.07. The number of rotatable bonds is 4. The van der Waals surface area contributed by atoms with Gasteiger partial charge in [0.15, 0.2) is 0 Å². The third kappa shape index (κ3) is 2.40. The third-order valence-electron chi connectivity index (χ3n) is 1.70. The van der Waals surface area contributed by atoms with Gasteiger partial charge in [0.25, 0.3) is 0 Å². The molecule has 13 heavy (non-hydrogen) atoms. The summed E-state index contributed by atoms with van der Waals surface area (Å²) in [6, 6.07) is 3.97. The van der Waals surface area contributed by atoms with Gasteiger partial charge < -0.3 is 9.84 Å². The van der Waals surface area contributed by atoms with Crippen LogP contribution in [0.2, 0.25) is 0 Å². The van der Waals surface area contributed by atoms with Crippen molar-refractivity contribution in [1.82, 2.24) is 10.5 Å². The van der Waals surface area contributed by atoms with Crippen LogP contribution in [0.15, 0.2) is 33.6 Å². The lowest BCUT2D eigenvalue weighted by molar-refractivity contribution is 0.373. The molecule has 2 rings (SSSR count). The van der Waals surface area contributed by atoms with Crippen molar-refractivity contribution in [1.29, 1.82) is 0 Å². The van der Waals surface area contributed by atoms with E-state index in [4.69, 9.17) is 4.52 Å². The first-order valence-corrected chi connectivity index (χ1v) is 5.01. The van der Waals surface area contributed by atoms with E-state index in [0.29, 0.717) is 0 Å². The van der Waals surface area contributed by atoms with Gasteiger partial charge in [-0.05, 0) is 22.4 Å². The molecule has 3 nitrogen and oxygen atoms in total. The van der Waals surface area contributed by atoms with Crippen LogP contribution in [0.25, 0.3) is 0 Å². The molecule has 0 atom stereocenters. The normalized spacial score (nSPS) is 10.5. The molecule has 2 aromatic heterocycles. The van der Waals surface area contributed by atoms with Crippen molar-refractivity contribution in [2.45, 2.75) is 13.1 Å². The van der Waals surface area contributed by atoms with Crippen molar-refractivity contribution < 1.29 is 4.52 Å². The van der Waals surface area contributed by atoms with E-state index in [1.54, 1.807) is 17.5 Å². The van der Waals surface area contributed by atoms with Crippen LogP contribution in [0.1, 0.15) is 11.3 Å². The van der Waals surface area contributed by atoms with Crippen LogP contribution in [0.3, 0.4) is 0 Å². The van der Waals surface area contributed by atoms with Crippen LogP contribution in [0.5, 0.6) is 0 Å². The van der Waals surface area contributed by atoms with Gasteiger partial charge >= 0.3 is 0 Å². The number of hydrogen-bond acceptors (Lipinski definition) is 4. The van der Waals surface area contributed by atoms with Gasteiger partial charge in [0.2, 0.25) is 0 Å². The Morgan fingerprint density at radius 3 is 3.08 bits per heavy atom. The molecule has 0 saturated heterocycles. The Morgan fingerprint density at radius 2 is 2.38 bits per heavy atom. The van der Waals surface area contributed by atoms with E-state index in [0.717, 1.165) is 18.8 Å². The molecule has 4 heteroatoms. The second-order valence-corrected chi connectivity index (χ2v) is 3.49. The molecule has 0 aliphatic carbocycles. The zero-order valence-electron chi connectivity index (χ0n) is 7.06. The molecule has 1 N–H and O–H groups in total. The average molecular weight is 194 g/mol. The highest BCUT2D eigenvalue weighted by Gasteiger charge is 1.96. The molecule has 0 aromatic carbocycles. The van der Waals surface area contributed by atoms with Gasteiger partial charge in [0, 0.05) is 12.6 Å². The van der Waals surface area contributed by atoms with E-state index < -0.39 is 0 Å². The van der Waals surface area contributed by atoms with E-state index in [1.165, 1.54) is 5.56 Å². The fourth-order valence-electron chi connectivity index (χ4n) is 1.06. The van der Waals surface area contributed by atoms with E-state index in [1.807, 2.05) is 6.07 Å². The third-order valence-corrected chi connectivity index (χ3v) is 2.43. The highest BCUT2D eigenvalue weighted by Crippen LogP contribution is 2.05. The van der Waals surface area contributed by atoms with Crippen LogP contribution in [0.4, 0.5) is 0 Å². The molecule has 0 spiro atoms. The largest absolute Gasteiger partial charge is 0.360 e. The number of aromatic nitrogens is 1. The van der Waals surface area contributed by atoms with E-state index in [-0.39, 0.29) is 0 Å². The Hall–Kier alpha value is -1.13. The molecule has 68 valence electrons. The zero-order chi connectivity index (χ0) is 8.93. The first kappa shape index (κ1) is 8.47. The van der Waals surface area contributed by atoms with Crippen molar-refractivity contribution in [3.8, 4) is 0 Å². The lowest BCUT2D eigenvalue weighted by Crippen LogP contribution is -2.11. The minimum atomic E-state index is 0.732. The first-order valence-electron chi connectivity index (χ1n) is 4.06. The van der Waals surface area contributed by atoms with Crippen molar-refractivity contribution in [2.24, 2.45) is 0 Å². The fraction of sp³-hybridized carbons (Fsp3) is 0.222. The Kier molecular flexibility index (Phi) is 2.74. The predicted molar refractivity (Wildman–Crippen MR) is 51.4 cm³/mol. The van der Waals surface area contributed by atoms with Gasteiger partial charge in [-0.1, -0.05) is 5.16 Å². The smallest absolute Gasteiger partial charge is 0.150 e. The van der Waals surface area contributed by atoms with E-state index >= 15 is 0 Å². The fourth-order valence-corrected chi connectivity index (χ4v) is 1.73. The summed E-state index contributed by atoms with van der Waals surface area (Å²) in [6.07, 6.45) is 1.65. The molecule has 0 aliphatic rings. The molecule has 0 saturated carbocycles. The summed E-state index contributed by atoms with van der Waals surface area (Å²) in [5.41, 5.74) is 1.31. The molecule has 0 unspecified atom stereocenters. The lowest BCUT2D eigenvalue weighted by Gasteiger charge is -1.98. The molecular formula is C9H10N2OS. The molecule has 0 amide bonds. The Bertz CT molecular complexity index is 294. The van der Waals surface area contributed by atoms with Gasteiger partial charge in [0.05, 0.1) is 12.7 Å². The molecule has 0 aliphatic heterocycles. The van der Waals surface area contributed by atoms with Crippen molar-refractivity contribution in [3.05, 3.63) is 40.4 Å². The van der Waals surface area contributed by atoms with Crippen LogP contribution in [-0.2, 0) is 13.1 Å². The maximum absolute atomic E-state index is 4.94. The summed E-state index contributed by atoms with van der Waals surface area (Å²) in [5, 5.41) is 11.1. The highest BCUT2D eigenvalue weighted by atomic mass is 32.1. The molecular weight excluding hydrogens is 184 g/mol. The first-order chi connectivity index (χ1) is 6.45. The van der Waals surface area contributed by atoms with Gasteiger partial charge in [-0.15, -0.1) is 0 Å². The Morgan fingerprint density at radius 1 is 1.38 bits per heavy atom. The number of thiophene rings is 1. The quantitative estimate of drug-likeness (QED) is 0.809. The predicted octanol–water partition coefficient (Wildman–Crippen LogP) is 2.03. The Labute approximate surface area is 80.4 Å². The summed E-state index contributed by atoms with van der Waals surface area (Å²) < 4.78 is 4.94.